The smallest absolute Gasteiger partial charge is 0.0359 e. The first-order chi connectivity index (χ1) is 9.30. The van der Waals surface area contributed by atoms with E-state index in [9.17, 15) is 0 Å². The highest BCUT2D eigenvalue weighted by Gasteiger charge is 2.33. The van der Waals surface area contributed by atoms with E-state index in [1.165, 1.54) is 31.5 Å². The summed E-state index contributed by atoms with van der Waals surface area (Å²) in [4.78, 5) is 2.60. The van der Waals surface area contributed by atoms with E-state index in [1.54, 1.807) is 0 Å². The molecule has 1 aromatic carbocycles. The zero-order valence-corrected chi connectivity index (χ0v) is 13.5. The normalized spacial score (nSPS) is 21.6. The first-order valence-electron chi connectivity index (χ1n) is 7.83. The summed E-state index contributed by atoms with van der Waals surface area (Å²) in [6.45, 7) is 12.8. The van der Waals surface area contributed by atoms with Gasteiger partial charge in [0.1, 0.15) is 0 Å². The van der Waals surface area contributed by atoms with Crippen molar-refractivity contribution in [3.8, 4) is 0 Å². The van der Waals surface area contributed by atoms with E-state index in [0.717, 1.165) is 6.54 Å². The van der Waals surface area contributed by atoms with Crippen molar-refractivity contribution < 1.29 is 0 Å². The Kier molecular flexibility index (Phi) is 4.55. The van der Waals surface area contributed by atoms with Gasteiger partial charge in [0.25, 0.3) is 0 Å². The Balaban J connectivity index is 2.03. The summed E-state index contributed by atoms with van der Waals surface area (Å²) in [6.07, 6.45) is 2.65. The van der Waals surface area contributed by atoms with Gasteiger partial charge in [-0.2, -0.15) is 0 Å². The number of hydrogen-bond acceptors (Lipinski definition) is 2. The van der Waals surface area contributed by atoms with Gasteiger partial charge in [-0.05, 0) is 35.8 Å². The van der Waals surface area contributed by atoms with Crippen LogP contribution in [0.1, 0.15) is 52.1 Å². The molecule has 0 radical (unpaired) electrons. The van der Waals surface area contributed by atoms with Gasteiger partial charge in [0.15, 0.2) is 0 Å². The van der Waals surface area contributed by atoms with Gasteiger partial charge in [-0.3, -0.25) is 0 Å². The van der Waals surface area contributed by atoms with Crippen LogP contribution in [0.3, 0.4) is 0 Å². The summed E-state index contributed by atoms with van der Waals surface area (Å²) < 4.78 is 0. The first kappa shape index (κ1) is 15.5. The van der Waals surface area contributed by atoms with Crippen LogP contribution in [0.4, 0.5) is 0 Å². The van der Waals surface area contributed by atoms with Gasteiger partial charge in [0.05, 0.1) is 0 Å². The Morgan fingerprint density at radius 2 is 1.90 bits per heavy atom. The highest BCUT2D eigenvalue weighted by Crippen LogP contribution is 2.35. The lowest BCUT2D eigenvalue weighted by atomic mass is 9.78. The molecule has 0 saturated carbocycles. The van der Waals surface area contributed by atoms with Gasteiger partial charge < -0.3 is 10.6 Å². The minimum absolute atomic E-state index is 0.0914. The van der Waals surface area contributed by atoms with Gasteiger partial charge in [-0.15, -0.1) is 0 Å². The fourth-order valence-corrected chi connectivity index (χ4v) is 3.47. The molecular formula is C18H30N2. The fraction of sp³-hybridized carbons (Fsp3) is 0.667. The summed E-state index contributed by atoms with van der Waals surface area (Å²) in [7, 11) is 0. The van der Waals surface area contributed by atoms with Crippen LogP contribution in [0.15, 0.2) is 30.3 Å². The van der Waals surface area contributed by atoms with Crippen LogP contribution in [0.2, 0.25) is 0 Å². The van der Waals surface area contributed by atoms with Gasteiger partial charge in [-0.1, -0.05) is 58.0 Å². The quantitative estimate of drug-likeness (QED) is 0.904. The molecule has 0 amide bonds. The Labute approximate surface area is 124 Å². The summed E-state index contributed by atoms with van der Waals surface area (Å²) in [5.41, 5.74) is 8.32. The van der Waals surface area contributed by atoms with Crippen molar-refractivity contribution in [2.75, 3.05) is 19.6 Å². The van der Waals surface area contributed by atoms with Crippen LogP contribution in [-0.2, 0) is 0 Å². The molecular weight excluding hydrogens is 244 g/mol. The highest BCUT2D eigenvalue weighted by molar-refractivity contribution is 5.20. The monoisotopic (exact) mass is 274 g/mol. The molecule has 2 N–H and O–H groups in total. The van der Waals surface area contributed by atoms with Crippen molar-refractivity contribution >= 4 is 0 Å². The lowest BCUT2D eigenvalue weighted by molar-refractivity contribution is 0.0712. The molecule has 2 nitrogen and oxygen atoms in total. The Morgan fingerprint density at radius 3 is 2.50 bits per heavy atom. The average molecular weight is 274 g/mol. The third-order valence-corrected chi connectivity index (χ3v) is 4.61. The molecule has 0 aliphatic carbocycles. The first-order valence-corrected chi connectivity index (χ1v) is 7.83. The Hall–Kier alpha value is -0.860. The molecule has 1 atom stereocenters. The minimum Gasteiger partial charge on any atom is -0.323 e. The second kappa shape index (κ2) is 5.87. The minimum atomic E-state index is 0.0914. The van der Waals surface area contributed by atoms with E-state index < -0.39 is 0 Å². The van der Waals surface area contributed by atoms with Crippen LogP contribution >= 0.6 is 0 Å². The molecule has 2 heteroatoms. The van der Waals surface area contributed by atoms with Gasteiger partial charge in [0.2, 0.25) is 0 Å². The fourth-order valence-electron chi connectivity index (χ4n) is 3.47. The number of likely N-dealkylation sites (tertiary alicyclic amines) is 1. The Bertz CT molecular complexity index is 422. The Morgan fingerprint density at radius 1 is 1.25 bits per heavy atom. The molecule has 1 aromatic rings. The molecule has 1 aliphatic heterocycles. The number of hydrogen-bond donors (Lipinski definition) is 1. The summed E-state index contributed by atoms with van der Waals surface area (Å²) in [6, 6.07) is 10.6. The maximum Gasteiger partial charge on any atom is 0.0359 e. The number of piperidine rings is 1. The van der Waals surface area contributed by atoms with E-state index >= 15 is 0 Å². The van der Waals surface area contributed by atoms with Gasteiger partial charge in [0, 0.05) is 19.1 Å². The molecule has 1 aliphatic rings. The van der Waals surface area contributed by atoms with Crippen molar-refractivity contribution in [2.24, 2.45) is 16.6 Å². The van der Waals surface area contributed by atoms with Gasteiger partial charge in [-0.25, -0.2) is 0 Å². The largest absolute Gasteiger partial charge is 0.323 e. The van der Waals surface area contributed by atoms with E-state index in [-0.39, 0.29) is 11.5 Å². The van der Waals surface area contributed by atoms with Crippen molar-refractivity contribution in [1.29, 1.82) is 0 Å². The van der Waals surface area contributed by atoms with E-state index in [1.807, 2.05) is 0 Å². The van der Waals surface area contributed by atoms with E-state index in [2.05, 4.69) is 62.9 Å². The van der Waals surface area contributed by atoms with Crippen molar-refractivity contribution in [2.45, 2.75) is 46.6 Å². The molecule has 0 spiro atoms. The maximum atomic E-state index is 6.53. The number of rotatable bonds is 4. The molecule has 1 unspecified atom stereocenters. The molecule has 1 saturated heterocycles. The zero-order chi connectivity index (χ0) is 14.8. The predicted octanol–water partition coefficient (Wildman–Crippen LogP) is 3.83. The molecule has 0 aromatic heterocycles. The average Bonchev–Trinajstić information content (AvgIpc) is 2.37. The van der Waals surface area contributed by atoms with Gasteiger partial charge >= 0.3 is 0 Å². The molecule has 2 rings (SSSR count). The number of nitrogens with zero attached hydrogens (tertiary/aromatic N) is 1. The molecule has 112 valence electrons. The number of nitrogens with two attached hydrogens (primary N) is 1. The predicted molar refractivity (Wildman–Crippen MR) is 86.6 cm³/mol. The lowest BCUT2D eigenvalue weighted by Crippen LogP contribution is -2.47. The summed E-state index contributed by atoms with van der Waals surface area (Å²) in [5.74, 6) is 0. The van der Waals surface area contributed by atoms with Crippen LogP contribution < -0.4 is 5.73 Å². The second-order valence-electron chi connectivity index (χ2n) is 7.86. The van der Waals surface area contributed by atoms with E-state index in [4.69, 9.17) is 5.73 Å². The SMILES string of the molecule is CC1(C)CCCN(CC(C)(C)C(N)c2ccccc2)C1. The third kappa shape index (κ3) is 3.83. The standard InChI is InChI=1S/C18H30N2/c1-17(2)11-8-12-20(13-17)14-18(3,4)16(19)15-9-6-5-7-10-15/h5-7,9-10,16H,8,11-14,19H2,1-4H3. The molecule has 1 heterocycles. The second-order valence-corrected chi connectivity index (χ2v) is 7.86. The maximum absolute atomic E-state index is 6.53. The van der Waals surface area contributed by atoms with E-state index in [0.29, 0.717) is 5.41 Å². The molecule has 20 heavy (non-hydrogen) atoms. The van der Waals surface area contributed by atoms with Crippen molar-refractivity contribution in [3.63, 3.8) is 0 Å². The van der Waals surface area contributed by atoms with Crippen LogP contribution in [0, 0.1) is 10.8 Å². The number of benzene rings is 1. The highest BCUT2D eigenvalue weighted by atomic mass is 15.1. The topological polar surface area (TPSA) is 29.3 Å². The van der Waals surface area contributed by atoms with Crippen LogP contribution in [-0.4, -0.2) is 24.5 Å². The molecule has 0 bridgehead atoms. The van der Waals surface area contributed by atoms with Crippen molar-refractivity contribution in [1.82, 2.24) is 4.90 Å². The summed E-state index contributed by atoms with van der Waals surface area (Å²) in [5, 5.41) is 0. The van der Waals surface area contributed by atoms with Crippen LogP contribution in [0.5, 0.6) is 0 Å². The zero-order valence-electron chi connectivity index (χ0n) is 13.5. The third-order valence-electron chi connectivity index (χ3n) is 4.61. The van der Waals surface area contributed by atoms with Crippen LogP contribution in [0.25, 0.3) is 0 Å². The van der Waals surface area contributed by atoms with Crippen molar-refractivity contribution in [3.05, 3.63) is 35.9 Å². The lowest BCUT2D eigenvalue weighted by Gasteiger charge is -2.43. The molecule has 1 fully saturated rings. The summed E-state index contributed by atoms with van der Waals surface area (Å²) >= 11 is 0.